The Hall–Kier alpha value is -3.69. The molecule has 0 aliphatic carbocycles. The molecule has 32 heavy (non-hydrogen) atoms. The van der Waals surface area contributed by atoms with Crippen LogP contribution < -0.4 is 4.74 Å². The first-order valence-electron chi connectivity index (χ1n) is 10.4. The Kier molecular flexibility index (Phi) is 5.12. The van der Waals surface area contributed by atoms with Gasteiger partial charge in [-0.05, 0) is 66.6 Å². The Morgan fingerprint density at radius 1 is 0.844 bits per heavy atom. The minimum atomic E-state index is -0.409. The van der Waals surface area contributed by atoms with Crippen molar-refractivity contribution in [1.82, 2.24) is 4.98 Å². The molecular formula is C28H20ClNO2. The fourth-order valence-electron chi connectivity index (χ4n) is 4.01. The van der Waals surface area contributed by atoms with Crippen molar-refractivity contribution in [3.05, 3.63) is 107 Å². The van der Waals surface area contributed by atoms with Gasteiger partial charge in [0.25, 0.3) is 0 Å². The number of pyridine rings is 1. The lowest BCUT2D eigenvalue weighted by molar-refractivity contribution is 0.0737. The fraction of sp³-hybridized carbons (Fsp3) is 0.0714. The number of benzene rings is 4. The summed E-state index contributed by atoms with van der Waals surface area (Å²) < 4.78 is 5.82. The van der Waals surface area contributed by atoms with E-state index in [1.54, 1.807) is 6.07 Å². The highest BCUT2D eigenvalue weighted by molar-refractivity contribution is 6.30. The number of fused-ring (bicyclic) bond motifs is 2. The number of aromatic nitrogens is 1. The lowest BCUT2D eigenvalue weighted by atomic mass is 10.00. The molecule has 1 aromatic heterocycles. The summed E-state index contributed by atoms with van der Waals surface area (Å²) >= 11 is 6.06. The molecule has 0 atom stereocenters. The number of hydrogen-bond donors (Lipinski definition) is 0. The summed E-state index contributed by atoms with van der Waals surface area (Å²) in [5, 5.41) is 3.55. The summed E-state index contributed by atoms with van der Waals surface area (Å²) in [6.07, 6.45) is 0. The zero-order valence-corrected chi connectivity index (χ0v) is 18.5. The molecule has 0 unspecified atom stereocenters. The van der Waals surface area contributed by atoms with Crippen molar-refractivity contribution in [1.29, 1.82) is 0 Å². The highest BCUT2D eigenvalue weighted by Gasteiger charge is 2.18. The maximum Gasteiger partial charge on any atom is 0.344 e. The molecule has 0 spiro atoms. The van der Waals surface area contributed by atoms with E-state index in [4.69, 9.17) is 21.3 Å². The average Bonchev–Trinajstić information content (AvgIpc) is 2.79. The van der Waals surface area contributed by atoms with Gasteiger partial charge >= 0.3 is 5.97 Å². The Morgan fingerprint density at radius 3 is 2.38 bits per heavy atom. The molecule has 5 aromatic rings. The zero-order valence-electron chi connectivity index (χ0n) is 17.7. The number of halogens is 1. The number of carbonyl (C=O) groups excluding carboxylic acids is 1. The largest absolute Gasteiger partial charge is 0.423 e. The third-order valence-corrected chi connectivity index (χ3v) is 5.79. The molecule has 0 saturated carbocycles. The molecular weight excluding hydrogens is 418 g/mol. The van der Waals surface area contributed by atoms with E-state index in [0.717, 1.165) is 38.4 Å². The topological polar surface area (TPSA) is 39.2 Å². The van der Waals surface area contributed by atoms with Crippen LogP contribution in [0, 0.1) is 13.8 Å². The van der Waals surface area contributed by atoms with Crippen molar-refractivity contribution in [3.63, 3.8) is 0 Å². The second-order valence-electron chi connectivity index (χ2n) is 7.94. The summed E-state index contributed by atoms with van der Waals surface area (Å²) in [7, 11) is 0. The van der Waals surface area contributed by atoms with Gasteiger partial charge in [0.15, 0.2) is 0 Å². The summed E-state index contributed by atoms with van der Waals surface area (Å²) in [6, 6.07) is 26.9. The first-order valence-corrected chi connectivity index (χ1v) is 10.7. The molecule has 3 nitrogen and oxygen atoms in total. The van der Waals surface area contributed by atoms with E-state index < -0.39 is 5.97 Å². The number of carbonyl (C=O) groups is 1. The van der Waals surface area contributed by atoms with E-state index in [-0.39, 0.29) is 0 Å². The van der Waals surface area contributed by atoms with Gasteiger partial charge in [-0.25, -0.2) is 9.78 Å². The molecule has 0 aliphatic rings. The molecule has 0 fully saturated rings. The van der Waals surface area contributed by atoms with E-state index >= 15 is 0 Å². The van der Waals surface area contributed by atoms with Crippen molar-refractivity contribution >= 4 is 39.2 Å². The van der Waals surface area contributed by atoms with E-state index in [9.17, 15) is 4.79 Å². The molecule has 0 amide bonds. The second kappa shape index (κ2) is 8.10. The molecule has 4 heteroatoms. The van der Waals surface area contributed by atoms with Crippen molar-refractivity contribution in [2.75, 3.05) is 0 Å². The monoisotopic (exact) mass is 437 g/mol. The van der Waals surface area contributed by atoms with Crippen LogP contribution in [0.4, 0.5) is 0 Å². The third-order valence-electron chi connectivity index (χ3n) is 5.54. The first kappa shape index (κ1) is 20.2. The lowest BCUT2D eigenvalue weighted by Crippen LogP contribution is -2.10. The first-order chi connectivity index (χ1) is 15.5. The number of rotatable bonds is 3. The van der Waals surface area contributed by atoms with Gasteiger partial charge in [0, 0.05) is 16.0 Å². The van der Waals surface area contributed by atoms with Crippen LogP contribution in [-0.4, -0.2) is 11.0 Å². The molecule has 4 aromatic carbocycles. The van der Waals surface area contributed by atoms with Crippen LogP contribution in [0.3, 0.4) is 0 Å². The van der Waals surface area contributed by atoms with Gasteiger partial charge in [-0.2, -0.15) is 0 Å². The quantitative estimate of drug-likeness (QED) is 0.216. The van der Waals surface area contributed by atoms with Crippen molar-refractivity contribution in [3.8, 4) is 17.0 Å². The van der Waals surface area contributed by atoms with Crippen molar-refractivity contribution in [2.45, 2.75) is 13.8 Å². The third kappa shape index (κ3) is 3.83. The van der Waals surface area contributed by atoms with Gasteiger partial charge in [-0.3, -0.25) is 0 Å². The molecule has 0 N–H and O–H groups in total. The van der Waals surface area contributed by atoms with Crippen LogP contribution in [0.1, 0.15) is 21.5 Å². The number of nitrogens with zero attached hydrogens (tertiary/aromatic N) is 1. The number of ether oxygens (including phenoxy) is 1. The zero-order chi connectivity index (χ0) is 22.2. The van der Waals surface area contributed by atoms with Crippen LogP contribution >= 0.6 is 11.6 Å². The van der Waals surface area contributed by atoms with E-state index in [1.807, 2.05) is 86.6 Å². The van der Waals surface area contributed by atoms with Gasteiger partial charge in [0.05, 0.1) is 16.8 Å². The van der Waals surface area contributed by atoms with Gasteiger partial charge in [-0.1, -0.05) is 65.7 Å². The predicted octanol–water partition coefficient (Wildman–Crippen LogP) is 7.54. The highest BCUT2D eigenvalue weighted by atomic mass is 35.5. The molecule has 1 heterocycles. The van der Waals surface area contributed by atoms with Crippen LogP contribution in [0.2, 0.25) is 5.02 Å². The van der Waals surface area contributed by atoms with Crippen LogP contribution in [0.5, 0.6) is 5.75 Å². The summed E-state index contributed by atoms with van der Waals surface area (Å²) in [4.78, 5) is 18.2. The fourth-order valence-corrected chi connectivity index (χ4v) is 4.14. The highest BCUT2D eigenvalue weighted by Crippen LogP contribution is 2.30. The van der Waals surface area contributed by atoms with E-state index in [2.05, 4.69) is 6.07 Å². The smallest absolute Gasteiger partial charge is 0.344 e. The van der Waals surface area contributed by atoms with Gasteiger partial charge < -0.3 is 4.74 Å². The SMILES string of the molecule is Cc1cc(C)c2nc(-c3ccc(Cl)cc3)cc(C(=O)Oc3ccc4ccccc4c3)c2c1. The Bertz CT molecular complexity index is 1490. The summed E-state index contributed by atoms with van der Waals surface area (Å²) in [5.74, 6) is 0.101. The van der Waals surface area contributed by atoms with Gasteiger partial charge in [0.1, 0.15) is 5.75 Å². The molecule has 156 valence electrons. The predicted molar refractivity (Wildman–Crippen MR) is 131 cm³/mol. The molecule has 0 bridgehead atoms. The second-order valence-corrected chi connectivity index (χ2v) is 8.37. The lowest BCUT2D eigenvalue weighted by Gasteiger charge is -2.13. The average molecular weight is 438 g/mol. The van der Waals surface area contributed by atoms with Crippen molar-refractivity contribution < 1.29 is 9.53 Å². The Balaban J connectivity index is 1.63. The number of hydrogen-bond acceptors (Lipinski definition) is 3. The summed E-state index contributed by atoms with van der Waals surface area (Å²) in [6.45, 7) is 4.02. The van der Waals surface area contributed by atoms with Crippen molar-refractivity contribution in [2.24, 2.45) is 0 Å². The molecule has 0 radical (unpaired) electrons. The standard InChI is InChI=1S/C28H20ClNO2/c1-17-13-18(2)27-24(14-17)25(16-26(30-27)20-7-10-22(29)11-8-20)28(31)32-23-12-9-19-5-3-4-6-21(19)15-23/h3-16H,1-2H3. The Labute approximate surface area is 191 Å². The van der Waals surface area contributed by atoms with E-state index in [0.29, 0.717) is 22.0 Å². The van der Waals surface area contributed by atoms with Crippen LogP contribution in [0.15, 0.2) is 84.9 Å². The molecule has 0 saturated heterocycles. The Morgan fingerprint density at radius 2 is 1.59 bits per heavy atom. The summed E-state index contributed by atoms with van der Waals surface area (Å²) in [5.41, 5.74) is 4.93. The number of esters is 1. The maximum absolute atomic E-state index is 13.4. The maximum atomic E-state index is 13.4. The number of aryl methyl sites for hydroxylation is 2. The van der Waals surface area contributed by atoms with Crippen LogP contribution in [0.25, 0.3) is 32.9 Å². The van der Waals surface area contributed by atoms with Gasteiger partial charge in [0.2, 0.25) is 0 Å². The normalized spacial score (nSPS) is 11.1. The molecule has 5 rings (SSSR count). The van der Waals surface area contributed by atoms with E-state index in [1.165, 1.54) is 0 Å². The minimum absolute atomic E-state index is 0.409. The van der Waals surface area contributed by atoms with Crippen LogP contribution in [-0.2, 0) is 0 Å². The minimum Gasteiger partial charge on any atom is -0.423 e. The van der Waals surface area contributed by atoms with Gasteiger partial charge in [-0.15, -0.1) is 0 Å². The molecule has 0 aliphatic heterocycles.